The summed E-state index contributed by atoms with van der Waals surface area (Å²) in [6.45, 7) is 2.11. The quantitative estimate of drug-likeness (QED) is 0.898. The zero-order valence-corrected chi connectivity index (χ0v) is 12.2. The van der Waals surface area contributed by atoms with Gasteiger partial charge in [-0.1, -0.05) is 0 Å². The second-order valence-corrected chi connectivity index (χ2v) is 6.00. The summed E-state index contributed by atoms with van der Waals surface area (Å²) in [5, 5.41) is 3.39. The fraction of sp³-hybridized carbons (Fsp3) is 0.273. The van der Waals surface area contributed by atoms with Gasteiger partial charge in [0.1, 0.15) is 10.8 Å². The molecule has 2 aromatic rings. The highest BCUT2D eigenvalue weighted by molar-refractivity contribution is 9.10. The van der Waals surface area contributed by atoms with E-state index in [1.54, 1.807) is 6.20 Å². The van der Waals surface area contributed by atoms with Crippen LogP contribution >= 0.6 is 27.3 Å². The predicted molar refractivity (Wildman–Crippen MR) is 71.1 cm³/mol. The Labute approximate surface area is 120 Å². The second-order valence-electron chi connectivity index (χ2n) is 3.77. The van der Waals surface area contributed by atoms with Crippen molar-refractivity contribution in [3.05, 3.63) is 38.4 Å². The first-order chi connectivity index (χ1) is 8.86. The van der Waals surface area contributed by atoms with Crippen molar-refractivity contribution >= 4 is 33.1 Å². The van der Waals surface area contributed by atoms with Crippen LogP contribution in [-0.4, -0.2) is 9.97 Å². The molecule has 0 atom stereocenters. The van der Waals surface area contributed by atoms with Crippen LogP contribution in [0.5, 0.6) is 0 Å². The Morgan fingerprint density at radius 2 is 2.05 bits per heavy atom. The van der Waals surface area contributed by atoms with Crippen LogP contribution in [0, 0.1) is 6.92 Å². The Bertz CT molecular complexity index is 583. The van der Waals surface area contributed by atoms with E-state index in [0.717, 1.165) is 16.0 Å². The molecule has 0 spiro atoms. The van der Waals surface area contributed by atoms with Crippen molar-refractivity contribution in [1.82, 2.24) is 9.97 Å². The van der Waals surface area contributed by atoms with Gasteiger partial charge in [-0.15, -0.1) is 11.3 Å². The molecule has 1 N–H and O–H groups in total. The van der Waals surface area contributed by atoms with Crippen LogP contribution in [0.15, 0.2) is 22.9 Å². The number of anilines is 1. The van der Waals surface area contributed by atoms with E-state index in [2.05, 4.69) is 31.2 Å². The highest BCUT2D eigenvalue weighted by atomic mass is 79.9. The average molecular weight is 352 g/mol. The maximum atomic E-state index is 12.8. The number of nitrogens with zero attached hydrogens (tertiary/aromatic N) is 2. The van der Waals surface area contributed by atoms with Gasteiger partial charge in [-0.2, -0.15) is 13.2 Å². The topological polar surface area (TPSA) is 37.8 Å². The molecule has 2 rings (SSSR count). The number of thiazole rings is 1. The van der Waals surface area contributed by atoms with E-state index in [4.69, 9.17) is 0 Å². The molecule has 2 aromatic heterocycles. The molecule has 0 aromatic carbocycles. The molecule has 102 valence electrons. The molecule has 0 bridgehead atoms. The van der Waals surface area contributed by atoms with Gasteiger partial charge < -0.3 is 5.32 Å². The Morgan fingerprint density at radius 3 is 2.63 bits per heavy atom. The summed E-state index contributed by atoms with van der Waals surface area (Å²) in [4.78, 5) is 8.85. The van der Waals surface area contributed by atoms with E-state index in [-0.39, 0.29) is 16.8 Å². The summed E-state index contributed by atoms with van der Waals surface area (Å²) in [6, 6.07) is 1.00. The molecule has 0 unspecified atom stereocenters. The smallest absolute Gasteiger partial charge is 0.363 e. The van der Waals surface area contributed by atoms with E-state index in [1.165, 1.54) is 17.5 Å². The van der Waals surface area contributed by atoms with Crippen LogP contribution < -0.4 is 5.32 Å². The first-order valence-corrected chi connectivity index (χ1v) is 6.85. The van der Waals surface area contributed by atoms with E-state index < -0.39 is 11.7 Å². The normalized spacial score (nSPS) is 11.6. The summed E-state index contributed by atoms with van der Waals surface area (Å²) in [6.07, 6.45) is -1.44. The van der Waals surface area contributed by atoms with E-state index >= 15 is 0 Å². The molecule has 2 heterocycles. The lowest BCUT2D eigenvalue weighted by molar-refractivity contribution is -0.137. The standard InChI is InChI=1S/C11H9BrF3N3S/c1-6-3-16-9(19-6)5-18-10-8(11(13,14)15)2-7(12)4-17-10/h2-4H,5H2,1H3,(H,17,18). The number of halogens is 4. The van der Waals surface area contributed by atoms with Crippen LogP contribution in [0.2, 0.25) is 0 Å². The molecule has 0 radical (unpaired) electrons. The summed E-state index contributed by atoms with van der Waals surface area (Å²) in [7, 11) is 0. The Hall–Kier alpha value is -1.15. The number of aryl methyl sites for hydroxylation is 1. The summed E-state index contributed by atoms with van der Waals surface area (Å²) < 4.78 is 38.8. The fourth-order valence-electron chi connectivity index (χ4n) is 1.44. The lowest BCUT2D eigenvalue weighted by atomic mass is 10.2. The molecule has 0 saturated carbocycles. The fourth-order valence-corrected chi connectivity index (χ4v) is 2.50. The van der Waals surface area contributed by atoms with Gasteiger partial charge in [-0.3, -0.25) is 0 Å². The Kier molecular flexibility index (Phi) is 4.10. The molecule has 8 heteroatoms. The first-order valence-electron chi connectivity index (χ1n) is 5.24. The van der Waals surface area contributed by atoms with Gasteiger partial charge >= 0.3 is 6.18 Å². The number of hydrogen-bond acceptors (Lipinski definition) is 4. The van der Waals surface area contributed by atoms with Gasteiger partial charge in [0.25, 0.3) is 0 Å². The maximum absolute atomic E-state index is 12.8. The highest BCUT2D eigenvalue weighted by Crippen LogP contribution is 2.35. The zero-order chi connectivity index (χ0) is 14.0. The SMILES string of the molecule is Cc1cnc(CNc2ncc(Br)cc2C(F)(F)F)s1. The Morgan fingerprint density at radius 1 is 1.32 bits per heavy atom. The molecular weight excluding hydrogens is 343 g/mol. The Balaban J connectivity index is 2.20. The van der Waals surface area contributed by atoms with Crippen LogP contribution in [0.4, 0.5) is 19.0 Å². The number of nitrogens with one attached hydrogen (secondary N) is 1. The molecule has 0 aliphatic heterocycles. The lowest BCUT2D eigenvalue weighted by Crippen LogP contribution is -2.12. The van der Waals surface area contributed by atoms with Crippen molar-refractivity contribution in [1.29, 1.82) is 0 Å². The summed E-state index contributed by atoms with van der Waals surface area (Å²) in [5.41, 5.74) is -0.796. The second kappa shape index (κ2) is 5.46. The minimum atomic E-state index is -4.45. The molecule has 3 nitrogen and oxygen atoms in total. The van der Waals surface area contributed by atoms with Crippen molar-refractivity contribution in [3.8, 4) is 0 Å². The van der Waals surface area contributed by atoms with Gasteiger partial charge in [0.2, 0.25) is 0 Å². The molecule has 19 heavy (non-hydrogen) atoms. The largest absolute Gasteiger partial charge is 0.419 e. The average Bonchev–Trinajstić information content (AvgIpc) is 2.72. The molecule has 0 saturated heterocycles. The lowest BCUT2D eigenvalue weighted by Gasteiger charge is -2.13. The highest BCUT2D eigenvalue weighted by Gasteiger charge is 2.34. The minimum Gasteiger partial charge on any atom is -0.363 e. The van der Waals surface area contributed by atoms with Crippen molar-refractivity contribution in [2.45, 2.75) is 19.6 Å². The summed E-state index contributed by atoms with van der Waals surface area (Å²) in [5.74, 6) is -0.191. The first kappa shape index (κ1) is 14.3. The number of rotatable bonds is 3. The minimum absolute atomic E-state index is 0.191. The van der Waals surface area contributed by atoms with Crippen LogP contribution in [0.3, 0.4) is 0 Å². The molecule has 0 amide bonds. The van der Waals surface area contributed by atoms with Crippen molar-refractivity contribution in [2.75, 3.05) is 5.32 Å². The van der Waals surface area contributed by atoms with Crippen LogP contribution in [-0.2, 0) is 12.7 Å². The number of alkyl halides is 3. The van der Waals surface area contributed by atoms with Crippen molar-refractivity contribution in [2.24, 2.45) is 0 Å². The molecular formula is C11H9BrF3N3S. The number of pyridine rings is 1. The predicted octanol–water partition coefficient (Wildman–Crippen LogP) is 4.24. The van der Waals surface area contributed by atoms with Crippen LogP contribution in [0.1, 0.15) is 15.4 Å². The molecule has 0 fully saturated rings. The number of hydrogen-bond donors (Lipinski definition) is 1. The third kappa shape index (κ3) is 3.66. The van der Waals surface area contributed by atoms with Crippen molar-refractivity contribution < 1.29 is 13.2 Å². The van der Waals surface area contributed by atoms with Gasteiger partial charge in [-0.25, -0.2) is 9.97 Å². The zero-order valence-electron chi connectivity index (χ0n) is 9.75. The van der Waals surface area contributed by atoms with Gasteiger partial charge in [0, 0.05) is 21.7 Å². The van der Waals surface area contributed by atoms with E-state index in [9.17, 15) is 13.2 Å². The monoisotopic (exact) mass is 351 g/mol. The van der Waals surface area contributed by atoms with E-state index in [1.807, 2.05) is 6.92 Å². The van der Waals surface area contributed by atoms with Gasteiger partial charge in [0.05, 0.1) is 12.1 Å². The van der Waals surface area contributed by atoms with Crippen LogP contribution in [0.25, 0.3) is 0 Å². The third-order valence-electron chi connectivity index (χ3n) is 2.24. The van der Waals surface area contributed by atoms with Gasteiger partial charge in [-0.05, 0) is 28.9 Å². The molecule has 0 aliphatic carbocycles. The third-order valence-corrected chi connectivity index (χ3v) is 3.58. The number of aromatic nitrogens is 2. The summed E-state index contributed by atoms with van der Waals surface area (Å²) >= 11 is 4.42. The molecule has 0 aliphatic rings. The van der Waals surface area contributed by atoms with Crippen molar-refractivity contribution in [3.63, 3.8) is 0 Å². The van der Waals surface area contributed by atoms with E-state index in [0.29, 0.717) is 0 Å². The maximum Gasteiger partial charge on any atom is 0.419 e. The van der Waals surface area contributed by atoms with Gasteiger partial charge in [0.15, 0.2) is 0 Å².